The van der Waals surface area contributed by atoms with E-state index in [0.717, 1.165) is 18.4 Å². The lowest BCUT2D eigenvalue weighted by molar-refractivity contribution is 0.0937. The minimum absolute atomic E-state index is 0.362. The molecule has 2 fully saturated rings. The van der Waals surface area contributed by atoms with E-state index >= 15 is 0 Å². The van der Waals surface area contributed by atoms with Crippen molar-refractivity contribution in [2.45, 2.75) is 52.5 Å². The van der Waals surface area contributed by atoms with Gasteiger partial charge in [-0.05, 0) is 62.4 Å². The molecule has 0 radical (unpaired) electrons. The molecule has 2 rings (SSSR count). The first kappa shape index (κ1) is 16.3. The van der Waals surface area contributed by atoms with E-state index in [9.17, 15) is 5.11 Å². The number of aliphatic hydroxyl groups excluding tert-OH is 1. The Morgan fingerprint density at radius 1 is 1.20 bits per heavy atom. The third-order valence-electron chi connectivity index (χ3n) is 5.70. The van der Waals surface area contributed by atoms with Gasteiger partial charge in [-0.1, -0.05) is 20.8 Å². The van der Waals surface area contributed by atoms with E-state index in [1.807, 2.05) is 0 Å². The summed E-state index contributed by atoms with van der Waals surface area (Å²) in [6, 6.07) is 0.682. The Labute approximate surface area is 125 Å². The van der Waals surface area contributed by atoms with Gasteiger partial charge < -0.3 is 15.3 Å². The highest BCUT2D eigenvalue weighted by Crippen LogP contribution is 2.40. The zero-order valence-electron chi connectivity index (χ0n) is 13.9. The lowest BCUT2D eigenvalue weighted by Gasteiger charge is -2.43. The van der Waals surface area contributed by atoms with Gasteiger partial charge in [-0.25, -0.2) is 0 Å². The summed E-state index contributed by atoms with van der Waals surface area (Å²) in [4.78, 5) is 2.58. The monoisotopic (exact) mass is 282 g/mol. The van der Waals surface area contributed by atoms with E-state index in [-0.39, 0.29) is 0 Å². The average molecular weight is 282 g/mol. The molecule has 20 heavy (non-hydrogen) atoms. The van der Waals surface area contributed by atoms with E-state index in [4.69, 9.17) is 0 Å². The third kappa shape index (κ3) is 3.96. The van der Waals surface area contributed by atoms with Gasteiger partial charge in [0.2, 0.25) is 0 Å². The van der Waals surface area contributed by atoms with E-state index in [1.165, 1.54) is 38.8 Å². The Morgan fingerprint density at radius 2 is 1.95 bits per heavy atom. The molecule has 3 nitrogen and oxygen atoms in total. The molecule has 3 heteroatoms. The van der Waals surface area contributed by atoms with Crippen molar-refractivity contribution < 1.29 is 5.11 Å². The van der Waals surface area contributed by atoms with Crippen molar-refractivity contribution in [1.29, 1.82) is 0 Å². The van der Waals surface area contributed by atoms with Crippen LogP contribution in [0.4, 0.5) is 0 Å². The maximum Gasteiger partial charge on any atom is 0.0471 e. The summed E-state index contributed by atoms with van der Waals surface area (Å²) in [6.07, 6.45) is 5.22. The Balaban J connectivity index is 1.92. The van der Waals surface area contributed by atoms with Crippen LogP contribution in [-0.4, -0.2) is 49.3 Å². The van der Waals surface area contributed by atoms with Crippen LogP contribution in [-0.2, 0) is 0 Å². The van der Waals surface area contributed by atoms with Crippen LogP contribution in [0.25, 0.3) is 0 Å². The highest BCUT2D eigenvalue weighted by Gasteiger charge is 2.36. The number of aliphatic hydroxyl groups is 1. The van der Waals surface area contributed by atoms with Crippen LogP contribution < -0.4 is 5.32 Å². The van der Waals surface area contributed by atoms with Crippen LogP contribution in [0.2, 0.25) is 0 Å². The molecular formula is C17H34N2O. The van der Waals surface area contributed by atoms with E-state index in [2.05, 4.69) is 38.0 Å². The van der Waals surface area contributed by atoms with Gasteiger partial charge in [0.1, 0.15) is 0 Å². The zero-order chi connectivity index (χ0) is 14.8. The molecule has 0 spiro atoms. The van der Waals surface area contributed by atoms with Gasteiger partial charge in [0.25, 0.3) is 0 Å². The molecule has 1 aliphatic heterocycles. The summed E-state index contributed by atoms with van der Waals surface area (Å²) >= 11 is 0. The van der Waals surface area contributed by atoms with Gasteiger partial charge in [0, 0.05) is 25.7 Å². The smallest absolute Gasteiger partial charge is 0.0471 e. The molecule has 0 aromatic carbocycles. The molecule has 1 heterocycles. The summed E-state index contributed by atoms with van der Waals surface area (Å²) in [5.74, 6) is 2.15. The molecule has 1 aliphatic carbocycles. The van der Waals surface area contributed by atoms with Crippen LogP contribution in [0.1, 0.15) is 46.5 Å². The molecule has 0 aromatic heterocycles. The molecular weight excluding hydrogens is 248 g/mol. The first-order valence-electron chi connectivity index (χ1n) is 8.44. The standard InChI is InChI=1S/C17H34N2O/c1-17(2,3)15-5-6-16(18-4)14(9-15)11-19-8-7-13(10-19)12-20/h13-16,18,20H,5-12H2,1-4H3. The highest BCUT2D eigenvalue weighted by molar-refractivity contribution is 4.90. The molecule has 1 saturated heterocycles. The van der Waals surface area contributed by atoms with Crippen molar-refractivity contribution in [3.05, 3.63) is 0 Å². The van der Waals surface area contributed by atoms with Gasteiger partial charge in [0.05, 0.1) is 0 Å². The number of nitrogens with zero attached hydrogens (tertiary/aromatic N) is 1. The van der Waals surface area contributed by atoms with Gasteiger partial charge in [-0.15, -0.1) is 0 Å². The fourth-order valence-electron chi connectivity index (χ4n) is 4.19. The van der Waals surface area contributed by atoms with Crippen molar-refractivity contribution in [3.8, 4) is 0 Å². The van der Waals surface area contributed by atoms with Gasteiger partial charge in [0.15, 0.2) is 0 Å². The predicted octanol–water partition coefficient (Wildman–Crippen LogP) is 2.35. The van der Waals surface area contributed by atoms with Gasteiger partial charge in [-0.3, -0.25) is 0 Å². The molecule has 0 bridgehead atoms. The molecule has 4 unspecified atom stereocenters. The van der Waals surface area contributed by atoms with Gasteiger partial charge in [-0.2, -0.15) is 0 Å². The number of hydrogen-bond acceptors (Lipinski definition) is 3. The van der Waals surface area contributed by atoms with E-state index < -0.39 is 0 Å². The molecule has 2 N–H and O–H groups in total. The van der Waals surface area contributed by atoms with Crippen molar-refractivity contribution in [2.75, 3.05) is 33.3 Å². The summed E-state index contributed by atoms with van der Waals surface area (Å²) < 4.78 is 0. The Morgan fingerprint density at radius 3 is 2.50 bits per heavy atom. The minimum Gasteiger partial charge on any atom is -0.396 e. The fourth-order valence-corrected chi connectivity index (χ4v) is 4.19. The lowest BCUT2D eigenvalue weighted by atomic mass is 9.67. The van der Waals surface area contributed by atoms with Crippen LogP contribution in [0.3, 0.4) is 0 Å². The third-order valence-corrected chi connectivity index (χ3v) is 5.70. The summed E-state index contributed by atoms with van der Waals surface area (Å²) in [6.45, 7) is 11.0. The number of rotatable bonds is 4. The topological polar surface area (TPSA) is 35.5 Å². The fraction of sp³-hybridized carbons (Fsp3) is 1.00. The Kier molecular flexibility index (Phi) is 5.49. The minimum atomic E-state index is 0.362. The summed E-state index contributed by atoms with van der Waals surface area (Å²) in [5, 5.41) is 12.8. The molecule has 0 aromatic rings. The maximum atomic E-state index is 9.30. The van der Waals surface area contributed by atoms with E-state index in [1.54, 1.807) is 0 Å². The van der Waals surface area contributed by atoms with Crippen molar-refractivity contribution in [2.24, 2.45) is 23.2 Å². The molecule has 1 saturated carbocycles. The Bertz CT molecular complexity index is 300. The summed E-state index contributed by atoms with van der Waals surface area (Å²) in [7, 11) is 2.12. The molecule has 118 valence electrons. The van der Waals surface area contributed by atoms with Gasteiger partial charge >= 0.3 is 0 Å². The van der Waals surface area contributed by atoms with Crippen LogP contribution in [0.5, 0.6) is 0 Å². The van der Waals surface area contributed by atoms with Crippen LogP contribution >= 0.6 is 0 Å². The second kappa shape index (κ2) is 6.76. The Hall–Kier alpha value is -0.120. The molecule has 0 amide bonds. The predicted molar refractivity (Wildman–Crippen MR) is 84.8 cm³/mol. The molecule has 2 aliphatic rings. The van der Waals surface area contributed by atoms with Crippen LogP contribution in [0, 0.1) is 23.2 Å². The van der Waals surface area contributed by atoms with Crippen molar-refractivity contribution in [3.63, 3.8) is 0 Å². The van der Waals surface area contributed by atoms with Crippen molar-refractivity contribution >= 4 is 0 Å². The SMILES string of the molecule is CNC1CCC(C(C)(C)C)CC1CN1CCC(CO)C1. The maximum absolute atomic E-state index is 9.30. The average Bonchev–Trinajstić information content (AvgIpc) is 2.85. The summed E-state index contributed by atoms with van der Waals surface area (Å²) in [5.41, 5.74) is 0.440. The second-order valence-corrected chi connectivity index (χ2v) is 8.13. The number of hydrogen-bond donors (Lipinski definition) is 2. The highest BCUT2D eigenvalue weighted by atomic mass is 16.3. The first-order valence-corrected chi connectivity index (χ1v) is 8.44. The quantitative estimate of drug-likeness (QED) is 0.831. The second-order valence-electron chi connectivity index (χ2n) is 8.13. The first-order chi connectivity index (χ1) is 9.44. The van der Waals surface area contributed by atoms with Crippen LogP contribution in [0.15, 0.2) is 0 Å². The number of nitrogens with one attached hydrogen (secondary N) is 1. The zero-order valence-corrected chi connectivity index (χ0v) is 13.9. The lowest BCUT2D eigenvalue weighted by Crippen LogP contribution is -2.46. The normalized spacial score (nSPS) is 36.5. The van der Waals surface area contributed by atoms with Crippen molar-refractivity contribution in [1.82, 2.24) is 10.2 Å². The molecule has 4 atom stereocenters. The largest absolute Gasteiger partial charge is 0.396 e. The van der Waals surface area contributed by atoms with E-state index in [0.29, 0.717) is 24.0 Å². The number of likely N-dealkylation sites (tertiary alicyclic amines) is 1.